The average Bonchev–Trinajstić information content (AvgIpc) is 2.17. The molecule has 0 aliphatic carbocycles. The van der Waals surface area contributed by atoms with Crippen LogP contribution in [-0.2, 0) is 6.42 Å². The van der Waals surface area contributed by atoms with Crippen LogP contribution in [0.25, 0.3) is 0 Å². The Bertz CT molecular complexity index is 314. The molecule has 0 spiro atoms. The zero-order valence-corrected chi connectivity index (χ0v) is 9.38. The molecule has 0 aromatic heterocycles. The molecule has 1 heterocycles. The minimum Gasteiger partial charge on any atom is -0.374 e. The number of benzene rings is 1. The average molecular weight is 189 g/mol. The Labute approximate surface area is 86.7 Å². The van der Waals surface area contributed by atoms with E-state index in [1.807, 2.05) is 0 Å². The van der Waals surface area contributed by atoms with Crippen molar-refractivity contribution in [3.63, 3.8) is 0 Å². The highest BCUT2D eigenvalue weighted by Crippen LogP contribution is 2.32. The number of rotatable bonds is 1. The molecule has 0 N–H and O–H groups in total. The second kappa shape index (κ2) is 3.64. The lowest BCUT2D eigenvalue weighted by Gasteiger charge is -2.30. The van der Waals surface area contributed by atoms with Gasteiger partial charge in [-0.15, -0.1) is 0 Å². The third-order valence-electron chi connectivity index (χ3n) is 3.14. The van der Waals surface area contributed by atoms with Crippen LogP contribution in [0.5, 0.6) is 0 Å². The van der Waals surface area contributed by atoms with E-state index in [9.17, 15) is 0 Å². The summed E-state index contributed by atoms with van der Waals surface area (Å²) >= 11 is 0. The van der Waals surface area contributed by atoms with E-state index < -0.39 is 0 Å². The van der Waals surface area contributed by atoms with Gasteiger partial charge in [0.05, 0.1) is 0 Å². The maximum absolute atomic E-state index is 2.38. The Morgan fingerprint density at radius 1 is 1.29 bits per heavy atom. The lowest BCUT2D eigenvalue weighted by molar-refractivity contribution is 0.723. The third-order valence-corrected chi connectivity index (χ3v) is 3.14. The molecule has 0 radical (unpaired) electrons. The lowest BCUT2D eigenvalue weighted by Crippen LogP contribution is -2.25. The van der Waals surface area contributed by atoms with Gasteiger partial charge in [0.1, 0.15) is 0 Å². The minimum atomic E-state index is 0.649. The van der Waals surface area contributed by atoms with Gasteiger partial charge < -0.3 is 4.90 Å². The topological polar surface area (TPSA) is 3.24 Å². The molecule has 1 heteroatoms. The Hall–Kier alpha value is -0.980. The number of anilines is 1. The van der Waals surface area contributed by atoms with Gasteiger partial charge in [0.15, 0.2) is 0 Å². The molecular weight excluding hydrogens is 170 g/mol. The van der Waals surface area contributed by atoms with Crippen LogP contribution in [0.15, 0.2) is 18.2 Å². The molecule has 0 saturated carbocycles. The smallest absolute Gasteiger partial charge is 0.0399 e. The normalized spacial score (nSPS) is 15.9. The molecule has 1 aromatic rings. The van der Waals surface area contributed by atoms with Crippen LogP contribution >= 0.6 is 0 Å². The predicted octanol–water partition coefficient (Wildman–Crippen LogP) is 3.19. The Kier molecular flexibility index (Phi) is 2.49. The standard InChI is InChI=1S/C13H19N/c1-10(2)11-6-4-8-13-12(11)7-5-9-14(13)3/h4,6,8,10H,5,7,9H2,1-3H3. The van der Waals surface area contributed by atoms with E-state index in [1.54, 1.807) is 5.56 Å². The van der Waals surface area contributed by atoms with E-state index in [4.69, 9.17) is 0 Å². The lowest BCUT2D eigenvalue weighted by atomic mass is 9.91. The van der Waals surface area contributed by atoms with Gasteiger partial charge in [0.2, 0.25) is 0 Å². The van der Waals surface area contributed by atoms with Crippen molar-refractivity contribution in [3.05, 3.63) is 29.3 Å². The largest absolute Gasteiger partial charge is 0.374 e. The van der Waals surface area contributed by atoms with Crippen molar-refractivity contribution in [3.8, 4) is 0 Å². The zero-order chi connectivity index (χ0) is 10.1. The predicted molar refractivity (Wildman–Crippen MR) is 62.1 cm³/mol. The van der Waals surface area contributed by atoms with Gasteiger partial charge in [-0.05, 0) is 36.0 Å². The van der Waals surface area contributed by atoms with Crippen LogP contribution in [0, 0.1) is 0 Å². The van der Waals surface area contributed by atoms with E-state index in [-0.39, 0.29) is 0 Å². The van der Waals surface area contributed by atoms with Crippen LogP contribution in [0.1, 0.15) is 37.3 Å². The molecule has 76 valence electrons. The SMILES string of the molecule is CC(C)c1cccc2c1CCCN2C. The van der Waals surface area contributed by atoms with Gasteiger partial charge in [-0.25, -0.2) is 0 Å². The van der Waals surface area contributed by atoms with Crippen LogP contribution < -0.4 is 4.90 Å². The molecule has 1 aromatic carbocycles. The maximum atomic E-state index is 2.38. The second-order valence-corrected chi connectivity index (χ2v) is 4.52. The molecule has 0 fully saturated rings. The quantitative estimate of drug-likeness (QED) is 0.655. The first-order valence-electron chi connectivity index (χ1n) is 5.53. The summed E-state index contributed by atoms with van der Waals surface area (Å²) in [5, 5.41) is 0. The molecular formula is C13H19N. The highest BCUT2D eigenvalue weighted by molar-refractivity contribution is 5.58. The van der Waals surface area contributed by atoms with Gasteiger partial charge in [-0.1, -0.05) is 26.0 Å². The van der Waals surface area contributed by atoms with E-state index in [0.29, 0.717) is 5.92 Å². The fourth-order valence-electron chi connectivity index (χ4n) is 2.38. The minimum absolute atomic E-state index is 0.649. The van der Waals surface area contributed by atoms with E-state index in [1.165, 1.54) is 30.6 Å². The number of nitrogens with zero attached hydrogens (tertiary/aromatic N) is 1. The first-order valence-corrected chi connectivity index (χ1v) is 5.53. The van der Waals surface area contributed by atoms with Crippen molar-refractivity contribution in [2.24, 2.45) is 0 Å². The molecule has 0 unspecified atom stereocenters. The van der Waals surface area contributed by atoms with E-state index in [0.717, 1.165) is 0 Å². The fraction of sp³-hybridized carbons (Fsp3) is 0.538. The van der Waals surface area contributed by atoms with E-state index in [2.05, 4.69) is 44.0 Å². The van der Waals surface area contributed by atoms with Gasteiger partial charge >= 0.3 is 0 Å². The zero-order valence-electron chi connectivity index (χ0n) is 9.38. The Balaban J connectivity index is 2.49. The van der Waals surface area contributed by atoms with Gasteiger partial charge in [0.25, 0.3) is 0 Å². The molecule has 0 saturated heterocycles. The Morgan fingerprint density at radius 3 is 2.79 bits per heavy atom. The van der Waals surface area contributed by atoms with Crippen molar-refractivity contribution in [1.82, 2.24) is 0 Å². The van der Waals surface area contributed by atoms with Crippen molar-refractivity contribution in [2.75, 3.05) is 18.5 Å². The van der Waals surface area contributed by atoms with E-state index >= 15 is 0 Å². The van der Waals surface area contributed by atoms with Crippen LogP contribution in [0.2, 0.25) is 0 Å². The van der Waals surface area contributed by atoms with Crippen molar-refractivity contribution >= 4 is 5.69 Å². The first kappa shape index (κ1) is 9.57. The summed E-state index contributed by atoms with van der Waals surface area (Å²) in [6.07, 6.45) is 2.56. The Morgan fingerprint density at radius 2 is 2.07 bits per heavy atom. The van der Waals surface area contributed by atoms with Gasteiger partial charge in [-0.3, -0.25) is 0 Å². The molecule has 0 bridgehead atoms. The maximum Gasteiger partial charge on any atom is 0.0399 e. The number of hydrogen-bond acceptors (Lipinski definition) is 1. The molecule has 14 heavy (non-hydrogen) atoms. The fourth-order valence-corrected chi connectivity index (χ4v) is 2.38. The van der Waals surface area contributed by atoms with Crippen LogP contribution in [0.4, 0.5) is 5.69 Å². The van der Waals surface area contributed by atoms with Crippen LogP contribution in [0.3, 0.4) is 0 Å². The number of hydrogen-bond donors (Lipinski definition) is 0. The highest BCUT2D eigenvalue weighted by atomic mass is 15.1. The molecule has 2 rings (SSSR count). The third kappa shape index (κ3) is 1.52. The summed E-state index contributed by atoms with van der Waals surface area (Å²) in [6, 6.07) is 6.72. The summed E-state index contributed by atoms with van der Waals surface area (Å²) in [5.74, 6) is 0.649. The molecule has 0 amide bonds. The molecule has 0 atom stereocenters. The summed E-state index contributed by atoms with van der Waals surface area (Å²) in [6.45, 7) is 5.77. The van der Waals surface area contributed by atoms with Gasteiger partial charge in [0, 0.05) is 19.3 Å². The van der Waals surface area contributed by atoms with Gasteiger partial charge in [-0.2, -0.15) is 0 Å². The van der Waals surface area contributed by atoms with Crippen LogP contribution in [-0.4, -0.2) is 13.6 Å². The monoisotopic (exact) mass is 189 g/mol. The molecule has 1 aliphatic rings. The molecule has 1 nitrogen and oxygen atoms in total. The first-order chi connectivity index (χ1) is 6.70. The van der Waals surface area contributed by atoms with Crippen molar-refractivity contribution in [2.45, 2.75) is 32.6 Å². The summed E-state index contributed by atoms with van der Waals surface area (Å²) < 4.78 is 0. The summed E-state index contributed by atoms with van der Waals surface area (Å²) in [4.78, 5) is 2.38. The number of fused-ring (bicyclic) bond motifs is 1. The molecule has 1 aliphatic heterocycles. The summed E-state index contributed by atoms with van der Waals surface area (Å²) in [7, 11) is 2.20. The van der Waals surface area contributed by atoms with Crippen molar-refractivity contribution in [1.29, 1.82) is 0 Å². The summed E-state index contributed by atoms with van der Waals surface area (Å²) in [5.41, 5.74) is 4.56. The van der Waals surface area contributed by atoms with Crippen molar-refractivity contribution < 1.29 is 0 Å². The second-order valence-electron chi connectivity index (χ2n) is 4.52. The highest BCUT2D eigenvalue weighted by Gasteiger charge is 2.17.